The van der Waals surface area contributed by atoms with E-state index >= 15 is 0 Å². The van der Waals surface area contributed by atoms with Gasteiger partial charge in [0, 0.05) is 23.8 Å². The second-order valence-corrected chi connectivity index (χ2v) is 4.54. The lowest BCUT2D eigenvalue weighted by Crippen LogP contribution is -2.12. The number of rotatable bonds is 7. The molecule has 16 heavy (non-hydrogen) atoms. The lowest BCUT2D eigenvalue weighted by molar-refractivity contribution is 0.296. The molecule has 0 saturated carbocycles. The second-order valence-electron chi connectivity index (χ2n) is 3.43. The van der Waals surface area contributed by atoms with Gasteiger partial charge in [-0.15, -0.1) is 11.8 Å². The summed E-state index contributed by atoms with van der Waals surface area (Å²) in [6.45, 7) is 3.74. The third kappa shape index (κ3) is 4.12. The van der Waals surface area contributed by atoms with Gasteiger partial charge in [-0.3, -0.25) is 0 Å². The molecule has 0 saturated heterocycles. The SMILES string of the molecule is CCNCc1cccc(F)c1SCCCO. The Labute approximate surface area is 100 Å². The number of halogens is 1. The summed E-state index contributed by atoms with van der Waals surface area (Å²) in [5.41, 5.74) is 0.991. The molecular weight excluding hydrogens is 225 g/mol. The van der Waals surface area contributed by atoms with E-state index in [9.17, 15) is 4.39 Å². The van der Waals surface area contributed by atoms with Crippen LogP contribution in [-0.2, 0) is 6.54 Å². The normalized spacial score (nSPS) is 10.7. The summed E-state index contributed by atoms with van der Waals surface area (Å²) in [6.07, 6.45) is 0.694. The van der Waals surface area contributed by atoms with Crippen molar-refractivity contribution < 1.29 is 9.50 Å². The van der Waals surface area contributed by atoms with Gasteiger partial charge in [0.15, 0.2) is 0 Å². The van der Waals surface area contributed by atoms with E-state index in [1.165, 1.54) is 17.8 Å². The van der Waals surface area contributed by atoms with E-state index < -0.39 is 0 Å². The molecule has 90 valence electrons. The molecule has 4 heteroatoms. The first-order chi connectivity index (χ1) is 7.79. The van der Waals surface area contributed by atoms with Crippen molar-refractivity contribution in [3.8, 4) is 0 Å². The number of hydrogen-bond donors (Lipinski definition) is 2. The highest BCUT2D eigenvalue weighted by Gasteiger charge is 2.08. The average molecular weight is 243 g/mol. The summed E-state index contributed by atoms with van der Waals surface area (Å²) in [4.78, 5) is 0.705. The molecule has 0 spiro atoms. The minimum atomic E-state index is -0.168. The van der Waals surface area contributed by atoms with Gasteiger partial charge >= 0.3 is 0 Å². The number of aliphatic hydroxyl groups excluding tert-OH is 1. The number of nitrogens with one attached hydrogen (secondary N) is 1. The van der Waals surface area contributed by atoms with E-state index in [0.717, 1.165) is 17.9 Å². The smallest absolute Gasteiger partial charge is 0.137 e. The monoisotopic (exact) mass is 243 g/mol. The van der Waals surface area contributed by atoms with Crippen LogP contribution in [0.3, 0.4) is 0 Å². The Morgan fingerprint density at radius 3 is 2.94 bits per heavy atom. The van der Waals surface area contributed by atoms with E-state index in [0.29, 0.717) is 17.9 Å². The van der Waals surface area contributed by atoms with Gasteiger partial charge in [-0.05, 0) is 24.6 Å². The van der Waals surface area contributed by atoms with Gasteiger partial charge in [0.1, 0.15) is 5.82 Å². The fraction of sp³-hybridized carbons (Fsp3) is 0.500. The van der Waals surface area contributed by atoms with Crippen LogP contribution in [0.2, 0.25) is 0 Å². The van der Waals surface area contributed by atoms with Crippen LogP contribution in [0, 0.1) is 5.82 Å². The molecule has 0 aliphatic heterocycles. The molecule has 0 aromatic heterocycles. The Morgan fingerprint density at radius 1 is 1.44 bits per heavy atom. The van der Waals surface area contributed by atoms with E-state index in [-0.39, 0.29) is 12.4 Å². The van der Waals surface area contributed by atoms with Crippen LogP contribution >= 0.6 is 11.8 Å². The molecule has 0 heterocycles. The first-order valence-electron chi connectivity index (χ1n) is 5.51. The Hall–Kier alpha value is -0.580. The summed E-state index contributed by atoms with van der Waals surface area (Å²) >= 11 is 1.47. The molecular formula is C12H18FNOS. The van der Waals surface area contributed by atoms with Crippen LogP contribution in [0.25, 0.3) is 0 Å². The molecule has 2 nitrogen and oxygen atoms in total. The summed E-state index contributed by atoms with van der Waals surface area (Å²) in [5.74, 6) is 0.578. The number of aliphatic hydroxyl groups is 1. The van der Waals surface area contributed by atoms with Gasteiger partial charge in [0.2, 0.25) is 0 Å². The molecule has 0 radical (unpaired) electrons. The van der Waals surface area contributed by atoms with Crippen molar-refractivity contribution in [2.24, 2.45) is 0 Å². The third-order valence-electron chi connectivity index (χ3n) is 2.16. The minimum absolute atomic E-state index is 0.157. The molecule has 1 aromatic carbocycles. The zero-order chi connectivity index (χ0) is 11.8. The van der Waals surface area contributed by atoms with Crippen LogP contribution in [0.1, 0.15) is 18.9 Å². The van der Waals surface area contributed by atoms with Gasteiger partial charge in [-0.2, -0.15) is 0 Å². The quantitative estimate of drug-likeness (QED) is 0.570. The first kappa shape index (κ1) is 13.5. The summed E-state index contributed by atoms with van der Waals surface area (Å²) < 4.78 is 13.6. The Morgan fingerprint density at radius 2 is 2.25 bits per heavy atom. The molecule has 0 bridgehead atoms. The standard InChI is InChI=1S/C12H18FNOS/c1-2-14-9-10-5-3-6-11(13)12(10)16-8-4-7-15/h3,5-6,14-15H,2,4,7-9H2,1H3. The van der Waals surface area contributed by atoms with Gasteiger partial charge in [0.05, 0.1) is 0 Å². The van der Waals surface area contributed by atoms with E-state index in [4.69, 9.17) is 5.11 Å². The van der Waals surface area contributed by atoms with Crippen LogP contribution in [0.5, 0.6) is 0 Å². The van der Waals surface area contributed by atoms with Crippen molar-refractivity contribution >= 4 is 11.8 Å². The largest absolute Gasteiger partial charge is 0.396 e. The Bertz CT molecular complexity index is 320. The van der Waals surface area contributed by atoms with E-state index in [1.54, 1.807) is 6.07 Å². The maximum atomic E-state index is 13.6. The molecule has 0 aliphatic carbocycles. The predicted molar refractivity (Wildman–Crippen MR) is 66.2 cm³/mol. The van der Waals surface area contributed by atoms with Crippen molar-refractivity contribution in [2.75, 3.05) is 18.9 Å². The van der Waals surface area contributed by atoms with Gasteiger partial charge in [-0.25, -0.2) is 4.39 Å². The fourth-order valence-electron chi connectivity index (χ4n) is 1.35. The van der Waals surface area contributed by atoms with Gasteiger partial charge in [-0.1, -0.05) is 19.1 Å². The zero-order valence-corrected chi connectivity index (χ0v) is 10.3. The molecule has 0 amide bonds. The minimum Gasteiger partial charge on any atom is -0.396 e. The van der Waals surface area contributed by atoms with Crippen molar-refractivity contribution in [3.63, 3.8) is 0 Å². The van der Waals surface area contributed by atoms with Crippen LogP contribution in [0.4, 0.5) is 4.39 Å². The Kier molecular flexibility index (Phi) is 6.45. The van der Waals surface area contributed by atoms with Crippen LogP contribution in [-0.4, -0.2) is 24.0 Å². The molecule has 2 N–H and O–H groups in total. The molecule has 0 unspecified atom stereocenters. The highest BCUT2D eigenvalue weighted by Crippen LogP contribution is 2.26. The molecule has 1 aromatic rings. The van der Waals surface area contributed by atoms with Gasteiger partial charge in [0.25, 0.3) is 0 Å². The van der Waals surface area contributed by atoms with Crippen molar-refractivity contribution in [2.45, 2.75) is 24.8 Å². The summed E-state index contributed by atoms with van der Waals surface area (Å²) in [6, 6.07) is 5.15. The van der Waals surface area contributed by atoms with E-state index in [2.05, 4.69) is 5.32 Å². The maximum absolute atomic E-state index is 13.6. The Balaban J connectivity index is 2.69. The maximum Gasteiger partial charge on any atom is 0.137 e. The fourth-order valence-corrected chi connectivity index (χ4v) is 2.36. The number of hydrogen-bond acceptors (Lipinski definition) is 3. The van der Waals surface area contributed by atoms with E-state index in [1.807, 2.05) is 13.0 Å². The van der Waals surface area contributed by atoms with Crippen LogP contribution < -0.4 is 5.32 Å². The first-order valence-corrected chi connectivity index (χ1v) is 6.50. The van der Waals surface area contributed by atoms with Crippen LogP contribution in [0.15, 0.2) is 23.1 Å². The number of thioether (sulfide) groups is 1. The summed E-state index contributed by atoms with van der Waals surface area (Å²) in [5, 5.41) is 11.9. The average Bonchev–Trinajstić information content (AvgIpc) is 2.29. The molecule has 0 atom stereocenters. The molecule has 0 aliphatic rings. The lowest BCUT2D eigenvalue weighted by atomic mass is 10.2. The molecule has 1 rings (SSSR count). The van der Waals surface area contributed by atoms with Crippen molar-refractivity contribution in [1.82, 2.24) is 5.32 Å². The lowest BCUT2D eigenvalue weighted by Gasteiger charge is -2.10. The highest BCUT2D eigenvalue weighted by atomic mass is 32.2. The zero-order valence-electron chi connectivity index (χ0n) is 9.50. The number of benzene rings is 1. The summed E-state index contributed by atoms with van der Waals surface area (Å²) in [7, 11) is 0. The molecule has 0 fully saturated rings. The topological polar surface area (TPSA) is 32.3 Å². The third-order valence-corrected chi connectivity index (χ3v) is 3.40. The highest BCUT2D eigenvalue weighted by molar-refractivity contribution is 7.99. The predicted octanol–water partition coefficient (Wildman–Crippen LogP) is 2.41. The van der Waals surface area contributed by atoms with Crippen molar-refractivity contribution in [3.05, 3.63) is 29.6 Å². The van der Waals surface area contributed by atoms with Crippen molar-refractivity contribution in [1.29, 1.82) is 0 Å². The second kappa shape index (κ2) is 7.65. The van der Waals surface area contributed by atoms with Gasteiger partial charge < -0.3 is 10.4 Å².